The Hall–Kier alpha value is -1.84. The lowest BCUT2D eigenvalue weighted by atomic mass is 9.87. The zero-order valence-corrected chi connectivity index (χ0v) is 10.6. The molecule has 4 heteroatoms. The first kappa shape index (κ1) is 12.6. The van der Waals surface area contributed by atoms with Crippen LogP contribution in [0.25, 0.3) is 0 Å². The van der Waals surface area contributed by atoms with Crippen LogP contribution in [0, 0.1) is 18.3 Å². The molecule has 1 aliphatic carbocycles. The smallest absolute Gasteiger partial charge is 0.315 e. The zero-order valence-electron chi connectivity index (χ0n) is 10.6. The summed E-state index contributed by atoms with van der Waals surface area (Å²) in [6, 6.07) is 7.06. The highest BCUT2D eigenvalue weighted by Crippen LogP contribution is 2.69. The first-order valence-electron chi connectivity index (χ1n) is 5.79. The normalized spacial score (nSPS) is 28.7. The fraction of sp³-hybridized carbons (Fsp3) is 0.429. The third-order valence-electron chi connectivity index (χ3n) is 4.18. The maximum atomic E-state index is 11.6. The zero-order chi connectivity index (χ0) is 13.7. The third-order valence-corrected chi connectivity index (χ3v) is 4.18. The maximum absolute atomic E-state index is 11.6. The molecule has 0 amide bonds. The molecular weight excluding hydrogens is 232 g/mol. The van der Waals surface area contributed by atoms with Gasteiger partial charge in [-0.3, -0.25) is 9.59 Å². The van der Waals surface area contributed by atoms with E-state index in [4.69, 9.17) is 0 Å². The number of hydrogen-bond donors (Lipinski definition) is 2. The van der Waals surface area contributed by atoms with Gasteiger partial charge in [0.25, 0.3) is 0 Å². The number of aliphatic carboxylic acids is 2. The molecule has 0 saturated heterocycles. The van der Waals surface area contributed by atoms with Crippen molar-refractivity contribution < 1.29 is 19.8 Å². The molecular formula is C14H16O4. The molecule has 2 N–H and O–H groups in total. The first-order chi connectivity index (χ1) is 8.26. The van der Waals surface area contributed by atoms with Gasteiger partial charge in [-0.15, -0.1) is 0 Å². The molecule has 1 fully saturated rings. The molecule has 4 nitrogen and oxygen atoms in total. The van der Waals surface area contributed by atoms with Crippen molar-refractivity contribution in [1.82, 2.24) is 0 Å². The third kappa shape index (κ3) is 1.32. The summed E-state index contributed by atoms with van der Waals surface area (Å²) in [5, 5.41) is 18.7. The summed E-state index contributed by atoms with van der Waals surface area (Å²) in [5.41, 5.74) is -0.505. The molecule has 0 aliphatic heterocycles. The largest absolute Gasteiger partial charge is 0.481 e. The Bertz CT molecular complexity index is 515. The highest BCUT2D eigenvalue weighted by molar-refractivity contribution is 5.97. The SMILES string of the molecule is Cc1ccc(C2(C(=O)O)C(C(=O)O)C2(C)C)cc1. The molecule has 1 aromatic carbocycles. The second-order valence-electron chi connectivity index (χ2n) is 5.47. The Morgan fingerprint density at radius 2 is 1.61 bits per heavy atom. The molecule has 2 rings (SSSR count). The van der Waals surface area contributed by atoms with Crippen LogP contribution in [0.5, 0.6) is 0 Å². The molecule has 2 atom stereocenters. The number of carboxylic acid groups (broad SMARTS) is 2. The van der Waals surface area contributed by atoms with E-state index in [0.29, 0.717) is 5.56 Å². The van der Waals surface area contributed by atoms with Crippen molar-refractivity contribution >= 4 is 11.9 Å². The number of carbonyl (C=O) groups is 2. The van der Waals surface area contributed by atoms with E-state index in [1.165, 1.54) is 0 Å². The van der Waals surface area contributed by atoms with Gasteiger partial charge in [0.1, 0.15) is 5.41 Å². The lowest BCUT2D eigenvalue weighted by Gasteiger charge is -2.15. The van der Waals surface area contributed by atoms with E-state index in [0.717, 1.165) is 5.56 Å². The van der Waals surface area contributed by atoms with Crippen LogP contribution in [0.1, 0.15) is 25.0 Å². The molecule has 0 bridgehead atoms. The second-order valence-corrected chi connectivity index (χ2v) is 5.47. The standard InChI is InChI=1S/C14H16O4/c1-8-4-6-9(7-5-8)14(12(17)18)10(11(15)16)13(14,2)3/h4-7,10H,1-3H3,(H,15,16)(H,17,18). The lowest BCUT2D eigenvalue weighted by Crippen LogP contribution is -2.27. The molecule has 0 aromatic heterocycles. The topological polar surface area (TPSA) is 74.6 Å². The van der Waals surface area contributed by atoms with E-state index < -0.39 is 28.7 Å². The summed E-state index contributed by atoms with van der Waals surface area (Å²) < 4.78 is 0. The van der Waals surface area contributed by atoms with Gasteiger partial charge < -0.3 is 10.2 Å². The minimum Gasteiger partial charge on any atom is -0.481 e. The summed E-state index contributed by atoms with van der Waals surface area (Å²) in [4.78, 5) is 22.9. The Morgan fingerprint density at radius 3 is 1.94 bits per heavy atom. The molecule has 1 aromatic rings. The van der Waals surface area contributed by atoms with Crippen molar-refractivity contribution in [3.63, 3.8) is 0 Å². The molecule has 0 radical (unpaired) electrons. The van der Waals surface area contributed by atoms with E-state index in [1.54, 1.807) is 26.0 Å². The van der Waals surface area contributed by atoms with Gasteiger partial charge in [0.2, 0.25) is 0 Å². The van der Waals surface area contributed by atoms with Gasteiger partial charge in [0.15, 0.2) is 0 Å². The van der Waals surface area contributed by atoms with E-state index in [-0.39, 0.29) is 0 Å². The lowest BCUT2D eigenvalue weighted by molar-refractivity contribution is -0.145. The molecule has 1 aliphatic rings. The van der Waals surface area contributed by atoms with Gasteiger partial charge in [-0.2, -0.15) is 0 Å². The average molecular weight is 248 g/mol. The summed E-state index contributed by atoms with van der Waals surface area (Å²) >= 11 is 0. The monoisotopic (exact) mass is 248 g/mol. The summed E-state index contributed by atoms with van der Waals surface area (Å²) in [7, 11) is 0. The van der Waals surface area contributed by atoms with Crippen molar-refractivity contribution in [2.45, 2.75) is 26.2 Å². The van der Waals surface area contributed by atoms with Gasteiger partial charge in [-0.05, 0) is 12.5 Å². The van der Waals surface area contributed by atoms with Crippen LogP contribution in [-0.2, 0) is 15.0 Å². The maximum Gasteiger partial charge on any atom is 0.315 e. The molecule has 2 unspecified atom stereocenters. The Labute approximate surface area is 105 Å². The van der Waals surface area contributed by atoms with Crippen LogP contribution in [0.2, 0.25) is 0 Å². The van der Waals surface area contributed by atoms with Crippen LogP contribution in [0.15, 0.2) is 24.3 Å². The molecule has 96 valence electrons. The van der Waals surface area contributed by atoms with Crippen molar-refractivity contribution in [3.8, 4) is 0 Å². The van der Waals surface area contributed by atoms with Crippen molar-refractivity contribution in [2.24, 2.45) is 11.3 Å². The van der Waals surface area contributed by atoms with Crippen LogP contribution >= 0.6 is 0 Å². The van der Waals surface area contributed by atoms with Gasteiger partial charge >= 0.3 is 11.9 Å². The molecule has 0 heterocycles. The van der Waals surface area contributed by atoms with E-state index in [9.17, 15) is 19.8 Å². The Balaban J connectivity index is 2.58. The number of hydrogen-bond acceptors (Lipinski definition) is 2. The predicted octanol–water partition coefficient (Wildman–Crippen LogP) is 2.06. The molecule has 1 saturated carbocycles. The van der Waals surface area contributed by atoms with Crippen molar-refractivity contribution in [1.29, 1.82) is 0 Å². The summed E-state index contributed by atoms with van der Waals surface area (Å²) in [6.07, 6.45) is 0. The van der Waals surface area contributed by atoms with Crippen LogP contribution in [-0.4, -0.2) is 22.2 Å². The van der Waals surface area contributed by atoms with Crippen molar-refractivity contribution in [3.05, 3.63) is 35.4 Å². The fourth-order valence-electron chi connectivity index (χ4n) is 3.13. The minimum absolute atomic E-state index is 0.568. The number of benzene rings is 1. The fourth-order valence-corrected chi connectivity index (χ4v) is 3.13. The van der Waals surface area contributed by atoms with E-state index in [2.05, 4.69) is 0 Å². The summed E-state index contributed by atoms with van der Waals surface area (Å²) in [5.74, 6) is -3.00. The van der Waals surface area contributed by atoms with Gasteiger partial charge in [-0.1, -0.05) is 43.7 Å². The molecule has 18 heavy (non-hydrogen) atoms. The van der Waals surface area contributed by atoms with Gasteiger partial charge in [-0.25, -0.2) is 0 Å². The van der Waals surface area contributed by atoms with Crippen molar-refractivity contribution in [2.75, 3.05) is 0 Å². The summed E-state index contributed by atoms with van der Waals surface area (Å²) in [6.45, 7) is 5.30. The highest BCUT2D eigenvalue weighted by Gasteiger charge is 2.80. The van der Waals surface area contributed by atoms with E-state index in [1.807, 2.05) is 19.1 Å². The van der Waals surface area contributed by atoms with Gasteiger partial charge in [0.05, 0.1) is 5.92 Å². The molecule has 0 spiro atoms. The highest BCUT2D eigenvalue weighted by atomic mass is 16.4. The first-order valence-corrected chi connectivity index (χ1v) is 5.79. The number of aryl methyl sites for hydroxylation is 1. The quantitative estimate of drug-likeness (QED) is 0.858. The van der Waals surface area contributed by atoms with Crippen LogP contribution in [0.3, 0.4) is 0 Å². The second kappa shape index (κ2) is 3.57. The minimum atomic E-state index is -1.31. The Kier molecular flexibility index (Phi) is 2.50. The average Bonchev–Trinajstić information content (AvgIpc) is 2.78. The predicted molar refractivity (Wildman–Crippen MR) is 65.4 cm³/mol. The number of rotatable bonds is 3. The number of carboxylic acids is 2. The van der Waals surface area contributed by atoms with Crippen LogP contribution in [0.4, 0.5) is 0 Å². The van der Waals surface area contributed by atoms with Gasteiger partial charge in [0, 0.05) is 5.41 Å². The van der Waals surface area contributed by atoms with Crippen LogP contribution < -0.4 is 0 Å². The van der Waals surface area contributed by atoms with E-state index >= 15 is 0 Å². The Morgan fingerprint density at radius 1 is 1.11 bits per heavy atom.